The number of carbonyl (C=O) groups excluding carboxylic acids is 1. The van der Waals surface area contributed by atoms with E-state index in [4.69, 9.17) is 14.7 Å². The standard InChI is InChI=1S/C25H33N5O2/c1-15(2)17-7-9-19(10-8-17)26-23-20-13-30(16(3)4)24(31)22(20)27-25(28-23)29-11-12-32-21(14-29)18-5-6-18/h7-10,15-16,18,21H,5-6,11-14H2,1-4H3,(H,26,27,28). The highest BCUT2D eigenvalue weighted by Crippen LogP contribution is 2.37. The first kappa shape index (κ1) is 21.2. The number of benzene rings is 1. The van der Waals surface area contributed by atoms with Crippen LogP contribution in [0.4, 0.5) is 17.5 Å². The molecule has 1 saturated heterocycles. The van der Waals surface area contributed by atoms with Gasteiger partial charge in [0, 0.05) is 30.4 Å². The fraction of sp³-hybridized carbons (Fsp3) is 0.560. The number of nitrogens with zero attached hydrogens (tertiary/aromatic N) is 4. The lowest BCUT2D eigenvalue weighted by Crippen LogP contribution is -2.44. The van der Waals surface area contributed by atoms with Crippen molar-refractivity contribution < 1.29 is 9.53 Å². The average molecular weight is 436 g/mol. The third-order valence-electron chi connectivity index (χ3n) is 6.77. The van der Waals surface area contributed by atoms with Gasteiger partial charge in [0.1, 0.15) is 11.5 Å². The second-order valence-corrected chi connectivity index (χ2v) is 9.82. The number of carbonyl (C=O) groups is 1. The second kappa shape index (κ2) is 8.35. The predicted molar refractivity (Wildman–Crippen MR) is 126 cm³/mol. The van der Waals surface area contributed by atoms with Crippen LogP contribution in [0.25, 0.3) is 0 Å². The van der Waals surface area contributed by atoms with Crippen molar-refractivity contribution in [2.75, 3.05) is 29.9 Å². The Balaban J connectivity index is 1.48. The van der Waals surface area contributed by atoms with Crippen LogP contribution in [-0.2, 0) is 11.3 Å². The van der Waals surface area contributed by atoms with Crippen molar-refractivity contribution in [3.8, 4) is 0 Å². The predicted octanol–water partition coefficient (Wildman–Crippen LogP) is 4.32. The molecule has 1 aromatic heterocycles. The number of aromatic nitrogens is 2. The molecule has 32 heavy (non-hydrogen) atoms. The van der Waals surface area contributed by atoms with Crippen LogP contribution >= 0.6 is 0 Å². The molecule has 0 radical (unpaired) electrons. The first-order valence-corrected chi connectivity index (χ1v) is 11.9. The molecule has 2 aromatic rings. The molecule has 1 amide bonds. The average Bonchev–Trinajstić information content (AvgIpc) is 3.58. The van der Waals surface area contributed by atoms with E-state index in [0.717, 1.165) is 30.2 Å². The van der Waals surface area contributed by atoms with Crippen molar-refractivity contribution in [2.24, 2.45) is 5.92 Å². The van der Waals surface area contributed by atoms with Crippen LogP contribution in [0.5, 0.6) is 0 Å². The second-order valence-electron chi connectivity index (χ2n) is 9.82. The minimum Gasteiger partial charge on any atom is -0.374 e. The molecule has 0 bridgehead atoms. The number of fused-ring (bicyclic) bond motifs is 1. The fourth-order valence-electron chi connectivity index (χ4n) is 4.54. The van der Waals surface area contributed by atoms with Crippen molar-refractivity contribution in [1.29, 1.82) is 0 Å². The summed E-state index contributed by atoms with van der Waals surface area (Å²) in [4.78, 5) is 26.9. The van der Waals surface area contributed by atoms with Gasteiger partial charge in [-0.3, -0.25) is 4.79 Å². The van der Waals surface area contributed by atoms with E-state index in [0.29, 0.717) is 36.6 Å². The highest BCUT2D eigenvalue weighted by atomic mass is 16.5. The van der Waals surface area contributed by atoms with Gasteiger partial charge in [0.2, 0.25) is 5.95 Å². The van der Waals surface area contributed by atoms with Crippen LogP contribution in [0.15, 0.2) is 24.3 Å². The fourth-order valence-corrected chi connectivity index (χ4v) is 4.54. The lowest BCUT2D eigenvalue weighted by molar-refractivity contribution is 0.0258. The number of morpholine rings is 1. The number of amides is 1. The zero-order valence-electron chi connectivity index (χ0n) is 19.5. The van der Waals surface area contributed by atoms with Gasteiger partial charge < -0.3 is 19.9 Å². The molecule has 1 saturated carbocycles. The van der Waals surface area contributed by atoms with Crippen molar-refractivity contribution in [2.45, 2.75) is 65.1 Å². The van der Waals surface area contributed by atoms with Crippen LogP contribution in [0, 0.1) is 5.92 Å². The molecule has 3 aliphatic rings. The van der Waals surface area contributed by atoms with E-state index in [1.165, 1.54) is 18.4 Å². The van der Waals surface area contributed by atoms with Crippen LogP contribution in [-0.4, -0.2) is 52.6 Å². The Hall–Kier alpha value is -2.67. The van der Waals surface area contributed by atoms with Crippen LogP contribution in [0.2, 0.25) is 0 Å². The lowest BCUT2D eigenvalue weighted by atomic mass is 10.0. The molecule has 170 valence electrons. The summed E-state index contributed by atoms with van der Waals surface area (Å²) in [6, 6.07) is 8.56. The van der Waals surface area contributed by atoms with E-state index in [1.807, 2.05) is 18.7 Å². The minimum absolute atomic E-state index is 0.0103. The zero-order chi connectivity index (χ0) is 22.4. The third kappa shape index (κ3) is 4.06. The van der Waals surface area contributed by atoms with Gasteiger partial charge in [0.05, 0.1) is 19.3 Å². The maximum Gasteiger partial charge on any atom is 0.273 e. The minimum atomic E-state index is -0.0103. The van der Waals surface area contributed by atoms with Crippen LogP contribution < -0.4 is 10.2 Å². The van der Waals surface area contributed by atoms with Gasteiger partial charge in [-0.15, -0.1) is 0 Å². The Labute approximate surface area is 190 Å². The number of nitrogens with one attached hydrogen (secondary N) is 1. The topological polar surface area (TPSA) is 70.6 Å². The molecule has 2 aliphatic heterocycles. The highest BCUT2D eigenvalue weighted by molar-refractivity contribution is 5.98. The smallest absolute Gasteiger partial charge is 0.273 e. The Bertz CT molecular complexity index is 1000. The van der Waals surface area contributed by atoms with Gasteiger partial charge in [-0.2, -0.15) is 4.98 Å². The summed E-state index contributed by atoms with van der Waals surface area (Å²) < 4.78 is 5.98. The molecule has 2 fully saturated rings. The Morgan fingerprint density at radius 2 is 1.84 bits per heavy atom. The summed E-state index contributed by atoms with van der Waals surface area (Å²) in [5, 5.41) is 3.49. The number of ether oxygens (including phenoxy) is 1. The molecule has 1 aromatic carbocycles. The summed E-state index contributed by atoms with van der Waals surface area (Å²) >= 11 is 0. The Morgan fingerprint density at radius 1 is 1.09 bits per heavy atom. The maximum atomic E-state index is 13.1. The molecular weight excluding hydrogens is 402 g/mol. The molecule has 7 heteroatoms. The molecule has 5 rings (SSSR count). The first-order valence-electron chi connectivity index (χ1n) is 11.9. The van der Waals surface area contributed by atoms with Crippen LogP contribution in [0.1, 0.15) is 68.1 Å². The number of hydrogen-bond acceptors (Lipinski definition) is 6. The van der Waals surface area contributed by atoms with E-state index in [-0.39, 0.29) is 18.1 Å². The maximum absolute atomic E-state index is 13.1. The summed E-state index contributed by atoms with van der Waals surface area (Å²) in [6.07, 6.45) is 2.72. The molecule has 1 unspecified atom stereocenters. The van der Waals surface area contributed by atoms with Crippen molar-refractivity contribution in [1.82, 2.24) is 14.9 Å². The largest absolute Gasteiger partial charge is 0.374 e. The summed E-state index contributed by atoms with van der Waals surface area (Å²) in [7, 11) is 0. The lowest BCUT2D eigenvalue weighted by Gasteiger charge is -2.33. The first-order chi connectivity index (χ1) is 15.4. The number of anilines is 3. The van der Waals surface area contributed by atoms with Gasteiger partial charge in [0.15, 0.2) is 0 Å². The van der Waals surface area contributed by atoms with E-state index in [2.05, 4.69) is 48.3 Å². The van der Waals surface area contributed by atoms with Crippen molar-refractivity contribution in [3.63, 3.8) is 0 Å². The monoisotopic (exact) mass is 435 g/mol. The molecule has 3 heterocycles. The van der Waals surface area contributed by atoms with E-state index < -0.39 is 0 Å². The van der Waals surface area contributed by atoms with Crippen LogP contribution in [0.3, 0.4) is 0 Å². The molecule has 1 N–H and O–H groups in total. The zero-order valence-corrected chi connectivity index (χ0v) is 19.5. The molecule has 7 nitrogen and oxygen atoms in total. The SMILES string of the molecule is CC(C)c1ccc(Nc2nc(N3CCOC(C4CC4)C3)nc3c2CN(C(C)C)C3=O)cc1. The van der Waals surface area contributed by atoms with Gasteiger partial charge >= 0.3 is 0 Å². The molecule has 1 atom stereocenters. The number of rotatable bonds is 6. The number of hydrogen-bond donors (Lipinski definition) is 1. The highest BCUT2D eigenvalue weighted by Gasteiger charge is 2.38. The Morgan fingerprint density at radius 3 is 2.50 bits per heavy atom. The summed E-state index contributed by atoms with van der Waals surface area (Å²) in [5.41, 5.74) is 3.67. The summed E-state index contributed by atoms with van der Waals surface area (Å²) in [5.74, 6) is 2.48. The van der Waals surface area contributed by atoms with Gasteiger partial charge in [-0.1, -0.05) is 26.0 Å². The van der Waals surface area contributed by atoms with E-state index in [9.17, 15) is 4.79 Å². The normalized spacial score (nSPS) is 20.9. The van der Waals surface area contributed by atoms with E-state index in [1.54, 1.807) is 0 Å². The quantitative estimate of drug-likeness (QED) is 0.729. The third-order valence-corrected chi connectivity index (χ3v) is 6.77. The van der Waals surface area contributed by atoms with Gasteiger partial charge in [-0.05, 0) is 56.2 Å². The van der Waals surface area contributed by atoms with Gasteiger partial charge in [0.25, 0.3) is 5.91 Å². The van der Waals surface area contributed by atoms with E-state index >= 15 is 0 Å². The van der Waals surface area contributed by atoms with Crippen molar-refractivity contribution >= 4 is 23.4 Å². The molecular formula is C25H33N5O2. The Kier molecular flexibility index (Phi) is 5.53. The molecule has 0 spiro atoms. The molecule has 1 aliphatic carbocycles. The van der Waals surface area contributed by atoms with Gasteiger partial charge in [-0.25, -0.2) is 4.98 Å². The summed E-state index contributed by atoms with van der Waals surface area (Å²) in [6.45, 7) is 11.2. The van der Waals surface area contributed by atoms with Crippen molar-refractivity contribution in [3.05, 3.63) is 41.1 Å².